The van der Waals surface area contributed by atoms with Crippen molar-refractivity contribution in [2.45, 2.75) is 12.8 Å². The van der Waals surface area contributed by atoms with E-state index in [2.05, 4.69) is 5.32 Å². The van der Waals surface area contributed by atoms with Crippen molar-refractivity contribution in [2.24, 2.45) is 0 Å². The summed E-state index contributed by atoms with van der Waals surface area (Å²) in [5, 5.41) is 2.68. The Bertz CT molecular complexity index is 852. The summed E-state index contributed by atoms with van der Waals surface area (Å²) in [6.07, 6.45) is 0. The Morgan fingerprint density at radius 3 is 1.92 bits per heavy atom. The maximum atomic E-state index is 12.9. The van der Waals surface area contributed by atoms with Gasteiger partial charge >= 0.3 is 5.97 Å². The molecule has 26 heavy (non-hydrogen) atoms. The Balaban J connectivity index is 1.88. The molecule has 1 N–H and O–H groups in total. The van der Waals surface area contributed by atoms with Crippen molar-refractivity contribution in [3.63, 3.8) is 0 Å². The van der Waals surface area contributed by atoms with Gasteiger partial charge in [-0.25, -0.2) is 0 Å². The van der Waals surface area contributed by atoms with Crippen LogP contribution in [-0.2, 0) is 9.59 Å². The summed E-state index contributed by atoms with van der Waals surface area (Å²) in [5.41, 5.74) is 2.31. The summed E-state index contributed by atoms with van der Waals surface area (Å²) in [5.74, 6) is -0.692. The predicted molar refractivity (Wildman–Crippen MR) is 101 cm³/mol. The van der Waals surface area contributed by atoms with Crippen molar-refractivity contribution in [3.8, 4) is 5.75 Å². The molecule has 0 heterocycles. The minimum absolute atomic E-state index is 0.181. The Kier molecular flexibility index (Phi) is 5.44. The zero-order valence-electron chi connectivity index (χ0n) is 14.4. The van der Waals surface area contributed by atoms with Gasteiger partial charge in [-0.2, -0.15) is 0 Å². The standard InChI is InChI=1S/C22H19NO3/c1-16(24)23-19-13-8-14-20(15-19)26-22(25)21(17-9-4-2-5-10-17)18-11-6-3-7-12-18/h2-15,21H,1H3,(H,23,24). The normalized spacial score (nSPS) is 10.4. The van der Waals surface area contributed by atoms with Crippen LogP contribution in [0.25, 0.3) is 0 Å². The highest BCUT2D eigenvalue weighted by Gasteiger charge is 2.24. The molecule has 3 aromatic rings. The maximum Gasteiger partial charge on any atom is 0.323 e. The Labute approximate surface area is 152 Å². The predicted octanol–water partition coefficient (Wildman–Crippen LogP) is 4.38. The van der Waals surface area contributed by atoms with E-state index in [9.17, 15) is 9.59 Å². The van der Waals surface area contributed by atoms with E-state index in [-0.39, 0.29) is 11.9 Å². The summed E-state index contributed by atoms with van der Waals surface area (Å²) < 4.78 is 5.62. The van der Waals surface area contributed by atoms with Crippen LogP contribution in [0, 0.1) is 0 Å². The average Bonchev–Trinajstić information content (AvgIpc) is 2.63. The summed E-state index contributed by atoms with van der Waals surface area (Å²) in [6, 6.07) is 25.8. The van der Waals surface area contributed by atoms with Gasteiger partial charge in [0.2, 0.25) is 5.91 Å². The van der Waals surface area contributed by atoms with Gasteiger partial charge in [-0.05, 0) is 23.3 Å². The van der Waals surface area contributed by atoms with Gasteiger partial charge in [-0.3, -0.25) is 9.59 Å². The summed E-state index contributed by atoms with van der Waals surface area (Å²) in [7, 11) is 0. The molecule has 0 saturated heterocycles. The number of esters is 1. The minimum Gasteiger partial charge on any atom is -0.426 e. The molecule has 4 nitrogen and oxygen atoms in total. The monoisotopic (exact) mass is 345 g/mol. The Morgan fingerprint density at radius 2 is 1.38 bits per heavy atom. The van der Waals surface area contributed by atoms with Gasteiger partial charge < -0.3 is 10.1 Å². The number of carbonyl (C=O) groups is 2. The molecule has 0 unspecified atom stereocenters. The number of amides is 1. The van der Waals surface area contributed by atoms with E-state index in [1.54, 1.807) is 24.3 Å². The fourth-order valence-electron chi connectivity index (χ4n) is 2.77. The van der Waals surface area contributed by atoms with E-state index >= 15 is 0 Å². The molecule has 0 atom stereocenters. The van der Waals surface area contributed by atoms with Crippen LogP contribution >= 0.6 is 0 Å². The van der Waals surface area contributed by atoms with Crippen LogP contribution in [0.3, 0.4) is 0 Å². The number of hydrogen-bond donors (Lipinski definition) is 1. The van der Waals surface area contributed by atoms with Crippen molar-refractivity contribution < 1.29 is 14.3 Å². The Morgan fingerprint density at radius 1 is 0.808 bits per heavy atom. The molecule has 130 valence electrons. The second-order valence-electron chi connectivity index (χ2n) is 5.88. The lowest BCUT2D eigenvalue weighted by atomic mass is 9.91. The number of rotatable bonds is 5. The van der Waals surface area contributed by atoms with Gasteiger partial charge in [0.1, 0.15) is 11.7 Å². The lowest BCUT2D eigenvalue weighted by Gasteiger charge is -2.17. The average molecular weight is 345 g/mol. The molecule has 0 saturated carbocycles. The van der Waals surface area contributed by atoms with E-state index in [0.29, 0.717) is 11.4 Å². The molecule has 3 aromatic carbocycles. The van der Waals surface area contributed by atoms with Crippen LogP contribution in [0.15, 0.2) is 84.9 Å². The van der Waals surface area contributed by atoms with Crippen molar-refractivity contribution in [1.29, 1.82) is 0 Å². The van der Waals surface area contributed by atoms with Crippen molar-refractivity contribution in [1.82, 2.24) is 0 Å². The maximum absolute atomic E-state index is 12.9. The van der Waals surface area contributed by atoms with Crippen LogP contribution in [0.5, 0.6) is 5.75 Å². The molecule has 0 radical (unpaired) electrons. The first-order chi connectivity index (χ1) is 12.6. The molecule has 0 fully saturated rings. The molecule has 0 bridgehead atoms. The van der Waals surface area contributed by atoms with Crippen LogP contribution < -0.4 is 10.1 Å². The van der Waals surface area contributed by atoms with E-state index in [1.807, 2.05) is 60.7 Å². The fourth-order valence-corrected chi connectivity index (χ4v) is 2.77. The highest BCUT2D eigenvalue weighted by atomic mass is 16.5. The first kappa shape index (κ1) is 17.4. The number of benzene rings is 3. The number of anilines is 1. The van der Waals surface area contributed by atoms with E-state index in [4.69, 9.17) is 4.74 Å². The minimum atomic E-state index is -0.526. The molecule has 0 aliphatic heterocycles. The van der Waals surface area contributed by atoms with E-state index in [0.717, 1.165) is 11.1 Å². The third-order valence-electron chi connectivity index (χ3n) is 3.87. The molecule has 1 amide bonds. The SMILES string of the molecule is CC(=O)Nc1cccc(OC(=O)C(c2ccccc2)c2ccccc2)c1. The van der Waals surface area contributed by atoms with Crippen molar-refractivity contribution >= 4 is 17.6 Å². The quantitative estimate of drug-likeness (QED) is 0.551. The summed E-state index contributed by atoms with van der Waals surface area (Å²) in [6.45, 7) is 1.43. The van der Waals surface area contributed by atoms with Crippen LogP contribution in [0.1, 0.15) is 24.0 Å². The van der Waals surface area contributed by atoms with E-state index in [1.165, 1.54) is 6.92 Å². The van der Waals surface area contributed by atoms with Crippen LogP contribution in [0.4, 0.5) is 5.69 Å². The molecular formula is C22H19NO3. The topological polar surface area (TPSA) is 55.4 Å². The van der Waals surface area contributed by atoms with Crippen LogP contribution in [-0.4, -0.2) is 11.9 Å². The Hall–Kier alpha value is -3.40. The van der Waals surface area contributed by atoms with Gasteiger partial charge in [0, 0.05) is 18.7 Å². The number of hydrogen-bond acceptors (Lipinski definition) is 3. The van der Waals surface area contributed by atoms with Gasteiger partial charge in [-0.1, -0.05) is 66.7 Å². The largest absolute Gasteiger partial charge is 0.426 e. The molecule has 0 aliphatic carbocycles. The smallest absolute Gasteiger partial charge is 0.323 e. The second kappa shape index (κ2) is 8.12. The zero-order valence-corrected chi connectivity index (χ0v) is 14.4. The second-order valence-corrected chi connectivity index (χ2v) is 5.88. The third kappa shape index (κ3) is 4.36. The first-order valence-electron chi connectivity index (χ1n) is 8.33. The van der Waals surface area contributed by atoms with Crippen molar-refractivity contribution in [3.05, 3.63) is 96.1 Å². The third-order valence-corrected chi connectivity index (χ3v) is 3.87. The zero-order chi connectivity index (χ0) is 18.4. The molecule has 0 aromatic heterocycles. The first-order valence-corrected chi connectivity index (χ1v) is 8.33. The lowest BCUT2D eigenvalue weighted by molar-refractivity contribution is -0.135. The van der Waals surface area contributed by atoms with Gasteiger partial charge in [0.25, 0.3) is 0 Å². The van der Waals surface area contributed by atoms with E-state index < -0.39 is 5.92 Å². The summed E-state index contributed by atoms with van der Waals surface area (Å²) >= 11 is 0. The fraction of sp³-hybridized carbons (Fsp3) is 0.0909. The molecule has 0 aliphatic rings. The summed E-state index contributed by atoms with van der Waals surface area (Å²) in [4.78, 5) is 24.1. The van der Waals surface area contributed by atoms with Crippen LogP contribution in [0.2, 0.25) is 0 Å². The molecule has 0 spiro atoms. The highest BCUT2D eigenvalue weighted by Crippen LogP contribution is 2.27. The van der Waals surface area contributed by atoms with Gasteiger partial charge in [-0.15, -0.1) is 0 Å². The number of carbonyl (C=O) groups excluding carboxylic acids is 2. The van der Waals surface area contributed by atoms with Crippen molar-refractivity contribution in [2.75, 3.05) is 5.32 Å². The molecule has 3 rings (SSSR count). The van der Waals surface area contributed by atoms with Gasteiger partial charge in [0.05, 0.1) is 0 Å². The number of ether oxygens (including phenoxy) is 1. The lowest BCUT2D eigenvalue weighted by Crippen LogP contribution is -2.20. The highest BCUT2D eigenvalue weighted by molar-refractivity contribution is 5.89. The van der Waals surface area contributed by atoms with Gasteiger partial charge in [0.15, 0.2) is 0 Å². The molecular weight excluding hydrogens is 326 g/mol. The molecule has 4 heteroatoms. The number of nitrogens with one attached hydrogen (secondary N) is 1.